The van der Waals surface area contributed by atoms with Crippen LogP contribution >= 0.6 is 0 Å². The molecular weight excluding hydrogens is 347 g/mol. The number of nitrogens with zero attached hydrogens (tertiary/aromatic N) is 1. The zero-order chi connectivity index (χ0) is 18.8. The topological polar surface area (TPSA) is 59.9 Å². The first-order chi connectivity index (χ1) is 13.2. The zero-order valence-corrected chi connectivity index (χ0v) is 14.9. The Morgan fingerprint density at radius 1 is 1.22 bits per heavy atom. The minimum Gasteiger partial charge on any atom is -0.493 e. The molecule has 1 saturated heterocycles. The lowest BCUT2D eigenvalue weighted by Crippen LogP contribution is -2.38. The summed E-state index contributed by atoms with van der Waals surface area (Å²) in [6.45, 7) is 0.693. The second kappa shape index (κ2) is 7.23. The van der Waals surface area contributed by atoms with Gasteiger partial charge in [-0.15, -0.1) is 0 Å². The van der Waals surface area contributed by atoms with Gasteiger partial charge in [-0.05, 0) is 23.8 Å². The minimum absolute atomic E-state index is 0.0448. The van der Waals surface area contributed by atoms with Crippen molar-refractivity contribution in [1.29, 1.82) is 0 Å². The third-order valence-electron chi connectivity index (χ3n) is 4.79. The van der Waals surface area contributed by atoms with Gasteiger partial charge in [0.1, 0.15) is 18.3 Å². The van der Waals surface area contributed by atoms with Crippen LogP contribution in [0.2, 0.25) is 0 Å². The number of aliphatic imine (C=N–C) groups is 1. The standard InChI is InChI=1S/C21H19FN2O3/c1-26-19-10-13(16-11-20(25)24-21-15(16)8-9-23-21)6-7-18(19)27-12-14-4-2-3-5-17(14)22/h2-8,10,16H,9,11-12H2,1H3,(H,23,24,25). The summed E-state index contributed by atoms with van der Waals surface area (Å²) in [6, 6.07) is 12.1. The average Bonchev–Trinajstić information content (AvgIpc) is 3.15. The summed E-state index contributed by atoms with van der Waals surface area (Å²) in [4.78, 5) is 16.3. The van der Waals surface area contributed by atoms with E-state index in [9.17, 15) is 9.18 Å². The van der Waals surface area contributed by atoms with Crippen LogP contribution in [0, 0.1) is 5.82 Å². The Morgan fingerprint density at radius 2 is 2.07 bits per heavy atom. The van der Waals surface area contributed by atoms with E-state index in [1.165, 1.54) is 6.07 Å². The maximum absolute atomic E-state index is 13.8. The van der Waals surface area contributed by atoms with Crippen molar-refractivity contribution in [2.45, 2.75) is 18.9 Å². The third kappa shape index (κ3) is 3.43. The van der Waals surface area contributed by atoms with Crippen LogP contribution in [-0.2, 0) is 11.4 Å². The van der Waals surface area contributed by atoms with Crippen LogP contribution in [0.3, 0.4) is 0 Å². The first-order valence-electron chi connectivity index (χ1n) is 8.74. The molecule has 0 spiro atoms. The molecule has 2 heterocycles. The molecule has 0 aliphatic carbocycles. The number of methoxy groups -OCH3 is 1. The van der Waals surface area contributed by atoms with E-state index in [1.54, 1.807) is 31.4 Å². The number of nitrogens with one attached hydrogen (secondary N) is 1. The number of hydrogen-bond donors (Lipinski definition) is 1. The van der Waals surface area contributed by atoms with E-state index < -0.39 is 0 Å². The number of carbonyl (C=O) groups excluding carboxylic acids is 1. The zero-order valence-electron chi connectivity index (χ0n) is 14.9. The summed E-state index contributed by atoms with van der Waals surface area (Å²) in [5.41, 5.74) is 2.47. The number of fused-ring (bicyclic) bond motifs is 1. The van der Waals surface area contributed by atoms with Crippen molar-refractivity contribution in [2.24, 2.45) is 4.99 Å². The van der Waals surface area contributed by atoms with Crippen LogP contribution in [0.15, 0.2) is 59.1 Å². The molecule has 1 amide bonds. The van der Waals surface area contributed by atoms with Gasteiger partial charge in [-0.1, -0.05) is 30.3 Å². The van der Waals surface area contributed by atoms with Gasteiger partial charge in [0.05, 0.1) is 13.7 Å². The highest BCUT2D eigenvalue weighted by Crippen LogP contribution is 2.38. The molecule has 138 valence electrons. The Morgan fingerprint density at radius 3 is 2.89 bits per heavy atom. The van der Waals surface area contributed by atoms with Gasteiger partial charge in [0.15, 0.2) is 11.5 Å². The lowest BCUT2D eigenvalue weighted by molar-refractivity contribution is -0.120. The Hall–Kier alpha value is -3.15. The number of amidine groups is 1. The van der Waals surface area contributed by atoms with Crippen molar-refractivity contribution >= 4 is 11.7 Å². The fraction of sp³-hybridized carbons (Fsp3) is 0.238. The fourth-order valence-corrected chi connectivity index (χ4v) is 3.41. The lowest BCUT2D eigenvalue weighted by atomic mass is 9.85. The largest absolute Gasteiger partial charge is 0.493 e. The van der Waals surface area contributed by atoms with E-state index in [1.807, 2.05) is 18.2 Å². The van der Waals surface area contributed by atoms with Crippen LogP contribution < -0.4 is 14.8 Å². The molecule has 4 rings (SSSR count). The SMILES string of the molecule is COc1cc(C2CC(=O)NC3=NCC=C32)ccc1OCc1ccccc1F. The summed E-state index contributed by atoms with van der Waals surface area (Å²) in [6.07, 6.45) is 2.40. The van der Waals surface area contributed by atoms with Gasteiger partial charge < -0.3 is 14.8 Å². The molecule has 1 unspecified atom stereocenters. The number of piperidine rings is 1. The van der Waals surface area contributed by atoms with Gasteiger partial charge in [-0.2, -0.15) is 0 Å². The minimum atomic E-state index is -0.304. The van der Waals surface area contributed by atoms with Crippen molar-refractivity contribution in [2.75, 3.05) is 13.7 Å². The molecule has 1 N–H and O–H groups in total. The van der Waals surface area contributed by atoms with E-state index in [0.717, 1.165) is 11.1 Å². The Bertz CT molecular complexity index is 952. The van der Waals surface area contributed by atoms with E-state index >= 15 is 0 Å². The van der Waals surface area contributed by atoms with Crippen LogP contribution in [0.4, 0.5) is 4.39 Å². The number of rotatable bonds is 5. The molecule has 0 radical (unpaired) electrons. The summed E-state index contributed by atoms with van der Waals surface area (Å²) < 4.78 is 25.0. The molecule has 0 saturated carbocycles. The van der Waals surface area contributed by atoms with Crippen molar-refractivity contribution in [3.05, 3.63) is 71.1 Å². The molecule has 1 atom stereocenters. The monoisotopic (exact) mass is 366 g/mol. The van der Waals surface area contributed by atoms with E-state index in [2.05, 4.69) is 10.3 Å². The normalized spacial score (nSPS) is 18.3. The summed E-state index contributed by atoms with van der Waals surface area (Å²) in [7, 11) is 1.56. The van der Waals surface area contributed by atoms with E-state index in [4.69, 9.17) is 9.47 Å². The van der Waals surface area contributed by atoms with E-state index in [-0.39, 0.29) is 24.2 Å². The predicted molar refractivity (Wildman–Crippen MR) is 99.6 cm³/mol. The summed E-state index contributed by atoms with van der Waals surface area (Å²) in [5, 5.41) is 2.81. The quantitative estimate of drug-likeness (QED) is 0.883. The first kappa shape index (κ1) is 17.3. The van der Waals surface area contributed by atoms with Crippen molar-refractivity contribution in [1.82, 2.24) is 5.32 Å². The van der Waals surface area contributed by atoms with E-state index in [0.29, 0.717) is 35.9 Å². The second-order valence-corrected chi connectivity index (χ2v) is 6.44. The van der Waals surface area contributed by atoms with Crippen LogP contribution in [0.5, 0.6) is 11.5 Å². The molecule has 27 heavy (non-hydrogen) atoms. The lowest BCUT2D eigenvalue weighted by Gasteiger charge is -2.26. The number of halogens is 1. The molecule has 0 bridgehead atoms. The maximum atomic E-state index is 13.8. The molecular formula is C21H19FN2O3. The van der Waals surface area contributed by atoms with Crippen LogP contribution in [0.1, 0.15) is 23.5 Å². The molecule has 2 aromatic rings. The third-order valence-corrected chi connectivity index (χ3v) is 4.79. The van der Waals surface area contributed by atoms with Gasteiger partial charge in [0.25, 0.3) is 0 Å². The molecule has 5 nitrogen and oxygen atoms in total. The molecule has 6 heteroatoms. The Labute approximate surface area is 156 Å². The van der Waals surface area contributed by atoms with Crippen molar-refractivity contribution < 1.29 is 18.7 Å². The molecule has 2 aliphatic rings. The van der Waals surface area contributed by atoms with Crippen molar-refractivity contribution in [3.8, 4) is 11.5 Å². The second-order valence-electron chi connectivity index (χ2n) is 6.44. The Balaban J connectivity index is 1.57. The Kier molecular flexibility index (Phi) is 4.62. The fourth-order valence-electron chi connectivity index (χ4n) is 3.41. The van der Waals surface area contributed by atoms with Gasteiger partial charge in [0.2, 0.25) is 5.91 Å². The smallest absolute Gasteiger partial charge is 0.226 e. The summed E-state index contributed by atoms with van der Waals surface area (Å²) >= 11 is 0. The first-order valence-corrected chi connectivity index (χ1v) is 8.74. The molecule has 0 aromatic heterocycles. The van der Waals surface area contributed by atoms with Crippen molar-refractivity contribution in [3.63, 3.8) is 0 Å². The average molecular weight is 366 g/mol. The number of carbonyl (C=O) groups is 1. The highest BCUT2D eigenvalue weighted by molar-refractivity contribution is 6.12. The van der Waals surface area contributed by atoms with Gasteiger partial charge >= 0.3 is 0 Å². The van der Waals surface area contributed by atoms with Crippen LogP contribution in [0.25, 0.3) is 0 Å². The maximum Gasteiger partial charge on any atom is 0.226 e. The number of hydrogen-bond acceptors (Lipinski definition) is 4. The highest BCUT2D eigenvalue weighted by atomic mass is 19.1. The number of benzene rings is 2. The van der Waals surface area contributed by atoms with Gasteiger partial charge in [-0.3, -0.25) is 9.79 Å². The molecule has 2 aromatic carbocycles. The number of ether oxygens (including phenoxy) is 2. The molecule has 1 fully saturated rings. The van der Waals surface area contributed by atoms with Crippen LogP contribution in [-0.4, -0.2) is 25.4 Å². The summed E-state index contributed by atoms with van der Waals surface area (Å²) in [5.74, 6) is 1.33. The number of amides is 1. The predicted octanol–water partition coefficient (Wildman–Crippen LogP) is 3.36. The molecule has 2 aliphatic heterocycles. The highest BCUT2D eigenvalue weighted by Gasteiger charge is 2.32. The van der Waals surface area contributed by atoms with Gasteiger partial charge in [-0.25, -0.2) is 4.39 Å². The van der Waals surface area contributed by atoms with Gasteiger partial charge in [0, 0.05) is 23.5 Å².